The fraction of sp³-hybridized carbons (Fsp3) is 0.0556. The van der Waals surface area contributed by atoms with Gasteiger partial charge in [0.15, 0.2) is 23.0 Å². The predicted molar refractivity (Wildman–Crippen MR) is 169 cm³/mol. The molecule has 9 heteroatoms. The van der Waals surface area contributed by atoms with E-state index in [-0.39, 0.29) is 33.0 Å². The molecule has 0 saturated heterocycles. The first-order valence-electron chi connectivity index (χ1n) is 14.1. The minimum atomic E-state index is -1.95. The Balaban J connectivity index is 1.65. The number of phenols is 4. The van der Waals surface area contributed by atoms with Gasteiger partial charge in [-0.05, 0) is 40.1 Å². The average Bonchev–Trinajstić information content (AvgIpc) is 3.44. The lowest BCUT2D eigenvalue weighted by Gasteiger charge is -2.32. The summed E-state index contributed by atoms with van der Waals surface area (Å²) in [5.74, 6) is -5.30. The molecule has 222 valence electrons. The Morgan fingerprint density at radius 1 is 0.511 bits per heavy atom. The first kappa shape index (κ1) is 26.7. The van der Waals surface area contributed by atoms with Crippen molar-refractivity contribution < 1.29 is 45.3 Å². The second-order valence-corrected chi connectivity index (χ2v) is 11.1. The van der Waals surface area contributed by atoms with E-state index in [2.05, 4.69) is 0 Å². The van der Waals surface area contributed by atoms with Gasteiger partial charge in [-0.3, -0.25) is 0 Å². The van der Waals surface area contributed by atoms with Crippen molar-refractivity contribution in [2.24, 2.45) is 0 Å². The number of rotatable bonds is 2. The van der Waals surface area contributed by atoms with Gasteiger partial charge in [-0.1, -0.05) is 66.7 Å². The van der Waals surface area contributed by atoms with Crippen LogP contribution in [0.4, 0.5) is 0 Å². The van der Waals surface area contributed by atoms with E-state index in [0.717, 1.165) is 10.8 Å². The largest absolute Gasteiger partial charge is 0.506 e. The van der Waals surface area contributed by atoms with E-state index in [9.17, 15) is 40.9 Å². The van der Waals surface area contributed by atoms with Gasteiger partial charge >= 0.3 is 0 Å². The zero-order chi connectivity index (χ0) is 31.3. The van der Waals surface area contributed by atoms with Crippen molar-refractivity contribution in [1.29, 1.82) is 0 Å². The third-order valence-corrected chi connectivity index (χ3v) is 8.76. The van der Waals surface area contributed by atoms with Crippen molar-refractivity contribution in [3.8, 4) is 45.3 Å². The normalized spacial score (nSPS) is 16.7. The van der Waals surface area contributed by atoms with Gasteiger partial charge < -0.3 is 45.3 Å². The van der Waals surface area contributed by atoms with E-state index in [4.69, 9.17) is 4.42 Å². The van der Waals surface area contributed by atoms with Gasteiger partial charge in [-0.25, -0.2) is 0 Å². The number of phenolic OH excluding ortho intramolecular Hbond substituents is 4. The molecule has 7 aromatic rings. The maximum absolute atomic E-state index is 11.6. The molecule has 1 heterocycles. The quantitative estimate of drug-likeness (QED) is 0.0751. The number of hydrogen-bond acceptors (Lipinski definition) is 9. The van der Waals surface area contributed by atoms with E-state index in [1.807, 2.05) is 42.5 Å². The molecule has 0 aliphatic heterocycles. The highest BCUT2D eigenvalue weighted by atomic mass is 16.4. The lowest BCUT2D eigenvalue weighted by Crippen LogP contribution is -2.28. The fourth-order valence-electron chi connectivity index (χ4n) is 6.72. The third kappa shape index (κ3) is 3.50. The Hall–Kier alpha value is -5.90. The van der Waals surface area contributed by atoms with Crippen LogP contribution in [0, 0.1) is 0 Å². The molecular weight excluding hydrogens is 576 g/mol. The first-order valence-corrected chi connectivity index (χ1v) is 14.1. The molecule has 0 saturated carbocycles. The highest BCUT2D eigenvalue weighted by Gasteiger charge is 2.41. The van der Waals surface area contributed by atoms with Crippen LogP contribution in [0.5, 0.6) is 23.0 Å². The fourth-order valence-corrected chi connectivity index (χ4v) is 6.72. The zero-order valence-corrected chi connectivity index (χ0v) is 23.2. The van der Waals surface area contributed by atoms with Crippen LogP contribution in [0.15, 0.2) is 95.1 Å². The summed E-state index contributed by atoms with van der Waals surface area (Å²) >= 11 is 0. The second kappa shape index (κ2) is 9.30. The molecule has 2 unspecified atom stereocenters. The van der Waals surface area contributed by atoms with Crippen molar-refractivity contribution in [1.82, 2.24) is 0 Å². The number of aliphatic hydroxyl groups is 4. The van der Waals surface area contributed by atoms with Gasteiger partial charge in [0.2, 0.25) is 11.5 Å². The van der Waals surface area contributed by atoms with Crippen LogP contribution in [0.3, 0.4) is 0 Å². The molecule has 0 fully saturated rings. The minimum Gasteiger partial charge on any atom is -0.506 e. The van der Waals surface area contributed by atoms with Crippen LogP contribution in [0.25, 0.3) is 71.5 Å². The zero-order valence-electron chi connectivity index (χ0n) is 23.2. The van der Waals surface area contributed by atoms with Crippen LogP contribution in [0.1, 0.15) is 17.2 Å². The second-order valence-electron chi connectivity index (χ2n) is 11.1. The maximum atomic E-state index is 11.6. The summed E-state index contributed by atoms with van der Waals surface area (Å²) < 4.78 is 5.98. The van der Waals surface area contributed by atoms with Crippen LogP contribution in [-0.4, -0.2) is 47.0 Å². The number of fused-ring (bicyclic) bond motifs is 6. The molecule has 45 heavy (non-hydrogen) atoms. The van der Waals surface area contributed by atoms with Crippen molar-refractivity contribution >= 4 is 49.2 Å². The molecule has 1 aliphatic rings. The first-order chi connectivity index (χ1) is 21.7. The number of benzene rings is 6. The number of hydrogen-bond donors (Lipinski definition) is 8. The molecule has 0 spiro atoms. The van der Waals surface area contributed by atoms with Crippen molar-refractivity contribution in [2.45, 2.75) is 12.2 Å². The smallest absolute Gasteiger partial charge is 0.204 e. The van der Waals surface area contributed by atoms with Crippen LogP contribution in [-0.2, 0) is 0 Å². The summed E-state index contributed by atoms with van der Waals surface area (Å²) in [5, 5.41) is 92.0. The molecule has 0 bridgehead atoms. The Morgan fingerprint density at radius 2 is 1.13 bits per heavy atom. The summed E-state index contributed by atoms with van der Waals surface area (Å²) in [6.45, 7) is 0. The third-order valence-electron chi connectivity index (χ3n) is 8.76. The van der Waals surface area contributed by atoms with Gasteiger partial charge in [0.05, 0.1) is 0 Å². The monoisotopic (exact) mass is 600 g/mol. The van der Waals surface area contributed by atoms with E-state index in [0.29, 0.717) is 33.1 Å². The van der Waals surface area contributed by atoms with Crippen LogP contribution >= 0.6 is 0 Å². The molecule has 0 amide bonds. The average molecular weight is 601 g/mol. The van der Waals surface area contributed by atoms with Gasteiger partial charge in [0.25, 0.3) is 0 Å². The number of aliphatic hydroxyl groups excluding tert-OH is 4. The molecule has 1 aliphatic carbocycles. The number of furan rings is 1. The lowest BCUT2D eigenvalue weighted by atomic mass is 9.76. The predicted octanol–water partition coefficient (Wildman–Crippen LogP) is 7.24. The van der Waals surface area contributed by atoms with Gasteiger partial charge in [-0.2, -0.15) is 0 Å². The molecule has 1 aromatic heterocycles. The molecule has 6 aromatic carbocycles. The van der Waals surface area contributed by atoms with E-state index in [1.54, 1.807) is 42.5 Å². The highest BCUT2D eigenvalue weighted by Crippen LogP contribution is 2.59. The van der Waals surface area contributed by atoms with E-state index >= 15 is 0 Å². The Labute approximate surface area is 253 Å². The summed E-state index contributed by atoms with van der Waals surface area (Å²) in [7, 11) is 0. The molecule has 9 nitrogen and oxygen atoms in total. The SMILES string of the molecule is OC1=C(O)C(O)C(O)c2c1c(-c1cccc3ccccc13)c1c(O)c(O)c(O)c(O)c1c2-c1ccc2oc3ccccc3c2c1. The number of para-hydroxylation sites is 1. The van der Waals surface area contributed by atoms with E-state index in [1.165, 1.54) is 0 Å². The van der Waals surface area contributed by atoms with Gasteiger partial charge in [-0.15, -0.1) is 0 Å². The summed E-state index contributed by atoms with van der Waals surface area (Å²) in [5.41, 5.74) is 1.76. The Morgan fingerprint density at radius 3 is 1.89 bits per heavy atom. The Bertz CT molecular complexity index is 2430. The van der Waals surface area contributed by atoms with Gasteiger partial charge in [0, 0.05) is 43.8 Å². The molecule has 0 radical (unpaired) electrons. The highest BCUT2D eigenvalue weighted by molar-refractivity contribution is 6.20. The van der Waals surface area contributed by atoms with E-state index < -0.39 is 46.7 Å². The lowest BCUT2D eigenvalue weighted by molar-refractivity contribution is 0.0129. The standard InChI is InChI=1S/C36H24O9/c37-29-25-23(16-12-13-22-20(14-16)18-9-3-4-11-21(18)45-22)26-28(32(40)36(44)34(42)30(26)38)24(27(25)31(39)35(43)33(29)41)19-10-5-7-15-6-1-2-8-17(15)19/h1-14,29,33,37-44H. The van der Waals surface area contributed by atoms with Crippen molar-refractivity contribution in [2.75, 3.05) is 0 Å². The maximum Gasteiger partial charge on any atom is 0.204 e. The topological polar surface area (TPSA) is 175 Å². The minimum absolute atomic E-state index is 0.0323. The van der Waals surface area contributed by atoms with Crippen LogP contribution in [0.2, 0.25) is 0 Å². The molecule has 2 atom stereocenters. The number of aromatic hydroxyl groups is 4. The summed E-state index contributed by atoms with van der Waals surface area (Å²) in [4.78, 5) is 0. The molecular formula is C36H24O9. The van der Waals surface area contributed by atoms with Gasteiger partial charge in [0.1, 0.15) is 23.4 Å². The van der Waals surface area contributed by atoms with Crippen molar-refractivity contribution in [3.05, 3.63) is 102 Å². The van der Waals surface area contributed by atoms with Crippen molar-refractivity contribution in [3.63, 3.8) is 0 Å². The summed E-state index contributed by atoms with van der Waals surface area (Å²) in [6, 6.07) is 24.9. The molecule has 8 N–H and O–H groups in total. The Kier molecular flexibility index (Phi) is 5.52. The summed E-state index contributed by atoms with van der Waals surface area (Å²) in [6.07, 6.45) is -3.78. The molecule has 8 rings (SSSR count). The van der Waals surface area contributed by atoms with Crippen LogP contribution < -0.4 is 0 Å².